The number of carboxylic acid groups (broad SMARTS) is 1. The zero-order valence-corrected chi connectivity index (χ0v) is 19.1. The van der Waals surface area contributed by atoms with Crippen LogP contribution in [0.3, 0.4) is 0 Å². The Hall–Kier alpha value is -3.12. The average Bonchev–Trinajstić information content (AvgIpc) is 2.79. The monoisotopic (exact) mass is 451 g/mol. The molecule has 3 aromatic carbocycles. The Bertz CT molecular complexity index is 1140. The third-order valence-electron chi connectivity index (χ3n) is 5.43. The van der Waals surface area contributed by atoms with Crippen molar-refractivity contribution in [2.45, 2.75) is 50.3 Å². The average molecular weight is 452 g/mol. The van der Waals surface area contributed by atoms with E-state index in [2.05, 4.69) is 11.6 Å². The third-order valence-corrected chi connectivity index (χ3v) is 6.81. The highest BCUT2D eigenvalue weighted by Crippen LogP contribution is 2.22. The SMILES string of the molecule is CCCCc1ccc(S(=O)(=O)Nc2ccccc2CCCc2ccc(C(=O)O)cc2)cc1. The van der Waals surface area contributed by atoms with Gasteiger partial charge in [0.15, 0.2) is 0 Å². The topological polar surface area (TPSA) is 83.5 Å². The molecule has 0 aliphatic heterocycles. The standard InChI is InChI=1S/C26H29NO4S/c1-2-3-7-20-14-18-24(19-15-20)32(30,31)27-25-11-5-4-9-22(25)10-6-8-21-12-16-23(17-13-21)26(28)29/h4-5,9,11-19,27H,2-3,6-8,10H2,1H3,(H,28,29). The fourth-order valence-electron chi connectivity index (χ4n) is 3.55. The first-order valence-electron chi connectivity index (χ1n) is 10.9. The summed E-state index contributed by atoms with van der Waals surface area (Å²) in [6, 6.07) is 21.4. The van der Waals surface area contributed by atoms with Crippen molar-refractivity contribution in [1.29, 1.82) is 0 Å². The number of unbranched alkanes of at least 4 members (excludes halogenated alkanes) is 1. The molecule has 6 heteroatoms. The summed E-state index contributed by atoms with van der Waals surface area (Å²) in [7, 11) is -3.67. The molecule has 0 atom stereocenters. The van der Waals surface area contributed by atoms with Crippen LogP contribution in [-0.2, 0) is 29.3 Å². The van der Waals surface area contributed by atoms with E-state index in [-0.39, 0.29) is 10.5 Å². The van der Waals surface area contributed by atoms with Gasteiger partial charge in [0.05, 0.1) is 16.1 Å². The molecule has 0 radical (unpaired) electrons. The molecule has 0 saturated heterocycles. The second-order valence-electron chi connectivity index (χ2n) is 7.87. The Balaban J connectivity index is 1.64. The third kappa shape index (κ3) is 6.44. The van der Waals surface area contributed by atoms with Gasteiger partial charge in [-0.1, -0.05) is 55.8 Å². The van der Waals surface area contributed by atoms with E-state index in [9.17, 15) is 13.2 Å². The van der Waals surface area contributed by atoms with Crippen LogP contribution in [0, 0.1) is 0 Å². The maximum Gasteiger partial charge on any atom is 0.335 e. The van der Waals surface area contributed by atoms with Gasteiger partial charge in [0, 0.05) is 0 Å². The molecule has 0 fully saturated rings. The summed E-state index contributed by atoms with van der Waals surface area (Å²) in [4.78, 5) is 11.2. The van der Waals surface area contributed by atoms with Crippen molar-refractivity contribution in [3.05, 3.63) is 95.1 Å². The number of aryl methyl sites for hydroxylation is 3. The smallest absolute Gasteiger partial charge is 0.335 e. The summed E-state index contributed by atoms with van der Waals surface area (Å²) in [5.74, 6) is -0.937. The highest BCUT2D eigenvalue weighted by atomic mass is 32.2. The quantitative estimate of drug-likeness (QED) is 0.391. The van der Waals surface area contributed by atoms with E-state index in [0.717, 1.165) is 48.8 Å². The second-order valence-corrected chi connectivity index (χ2v) is 9.55. The number of hydrogen-bond acceptors (Lipinski definition) is 3. The molecule has 32 heavy (non-hydrogen) atoms. The van der Waals surface area contributed by atoms with E-state index in [0.29, 0.717) is 12.1 Å². The number of carbonyl (C=O) groups is 1. The Morgan fingerprint density at radius 1 is 0.812 bits per heavy atom. The summed E-state index contributed by atoms with van der Waals surface area (Å²) in [5.41, 5.74) is 3.98. The molecule has 0 bridgehead atoms. The van der Waals surface area contributed by atoms with Gasteiger partial charge in [0.2, 0.25) is 0 Å². The number of sulfonamides is 1. The van der Waals surface area contributed by atoms with Crippen molar-refractivity contribution >= 4 is 21.7 Å². The van der Waals surface area contributed by atoms with Gasteiger partial charge in [-0.2, -0.15) is 0 Å². The van der Waals surface area contributed by atoms with E-state index in [1.807, 2.05) is 42.5 Å². The summed E-state index contributed by atoms with van der Waals surface area (Å²) in [6.07, 6.45) is 5.44. The van der Waals surface area contributed by atoms with Crippen LogP contribution in [-0.4, -0.2) is 19.5 Å². The molecular formula is C26H29NO4S. The molecule has 3 aromatic rings. The van der Waals surface area contributed by atoms with E-state index in [1.165, 1.54) is 0 Å². The van der Waals surface area contributed by atoms with Crippen molar-refractivity contribution in [3.8, 4) is 0 Å². The molecule has 0 aliphatic carbocycles. The van der Waals surface area contributed by atoms with Gasteiger partial charge < -0.3 is 5.11 Å². The maximum absolute atomic E-state index is 12.9. The van der Waals surface area contributed by atoms with Crippen LogP contribution in [0.1, 0.15) is 53.2 Å². The van der Waals surface area contributed by atoms with Crippen LogP contribution >= 0.6 is 0 Å². The number of anilines is 1. The van der Waals surface area contributed by atoms with Crippen LogP contribution in [0.25, 0.3) is 0 Å². The fraction of sp³-hybridized carbons (Fsp3) is 0.269. The summed E-state index contributed by atoms with van der Waals surface area (Å²) in [6.45, 7) is 2.13. The van der Waals surface area contributed by atoms with E-state index >= 15 is 0 Å². The molecule has 0 amide bonds. The number of para-hydroxylation sites is 1. The first-order valence-corrected chi connectivity index (χ1v) is 12.4. The van der Waals surface area contributed by atoms with E-state index in [1.54, 1.807) is 30.3 Å². The number of rotatable bonds is 11. The van der Waals surface area contributed by atoms with Crippen LogP contribution < -0.4 is 4.72 Å². The molecule has 0 heterocycles. The van der Waals surface area contributed by atoms with Gasteiger partial charge in [0.1, 0.15) is 0 Å². The minimum absolute atomic E-state index is 0.256. The Morgan fingerprint density at radius 2 is 1.41 bits per heavy atom. The first kappa shape index (κ1) is 23.5. The minimum atomic E-state index is -3.67. The lowest BCUT2D eigenvalue weighted by Gasteiger charge is -2.13. The Labute approximate surface area is 190 Å². The predicted octanol–water partition coefficient (Wildman–Crippen LogP) is 5.70. The highest BCUT2D eigenvalue weighted by Gasteiger charge is 2.16. The Morgan fingerprint density at radius 3 is 2.03 bits per heavy atom. The summed E-state index contributed by atoms with van der Waals surface area (Å²) >= 11 is 0. The molecule has 2 N–H and O–H groups in total. The second kappa shape index (κ2) is 11.0. The molecule has 0 aromatic heterocycles. The zero-order chi connectivity index (χ0) is 23.0. The van der Waals surface area contributed by atoms with Gasteiger partial charge in [-0.3, -0.25) is 4.72 Å². The zero-order valence-electron chi connectivity index (χ0n) is 18.3. The molecule has 0 unspecified atom stereocenters. The van der Waals surface area contributed by atoms with E-state index < -0.39 is 16.0 Å². The number of nitrogens with one attached hydrogen (secondary N) is 1. The van der Waals surface area contributed by atoms with Crippen LogP contribution in [0.4, 0.5) is 5.69 Å². The fourth-order valence-corrected chi connectivity index (χ4v) is 4.66. The maximum atomic E-state index is 12.9. The van der Waals surface area contributed by atoms with Crippen molar-refractivity contribution in [2.24, 2.45) is 0 Å². The van der Waals surface area contributed by atoms with Crippen molar-refractivity contribution < 1.29 is 18.3 Å². The molecule has 0 aliphatic rings. The summed E-state index contributed by atoms with van der Waals surface area (Å²) in [5, 5.41) is 9.00. The number of hydrogen-bond donors (Lipinski definition) is 2. The van der Waals surface area contributed by atoms with Crippen molar-refractivity contribution in [1.82, 2.24) is 0 Å². The lowest BCUT2D eigenvalue weighted by atomic mass is 10.0. The van der Waals surface area contributed by atoms with Gasteiger partial charge in [-0.05, 0) is 79.1 Å². The normalized spacial score (nSPS) is 11.3. The van der Waals surface area contributed by atoms with Gasteiger partial charge >= 0.3 is 5.97 Å². The Kier molecular flexibility index (Phi) is 8.06. The van der Waals surface area contributed by atoms with Gasteiger partial charge in [-0.25, -0.2) is 13.2 Å². The molecule has 0 saturated carbocycles. The van der Waals surface area contributed by atoms with Gasteiger partial charge in [0.25, 0.3) is 10.0 Å². The number of aromatic carboxylic acids is 1. The van der Waals surface area contributed by atoms with Crippen molar-refractivity contribution in [2.75, 3.05) is 4.72 Å². The largest absolute Gasteiger partial charge is 0.478 e. The lowest BCUT2D eigenvalue weighted by molar-refractivity contribution is 0.0697. The molecule has 5 nitrogen and oxygen atoms in total. The molecular weight excluding hydrogens is 422 g/mol. The number of carboxylic acids is 1. The minimum Gasteiger partial charge on any atom is -0.478 e. The highest BCUT2D eigenvalue weighted by molar-refractivity contribution is 7.92. The number of benzene rings is 3. The van der Waals surface area contributed by atoms with Crippen molar-refractivity contribution in [3.63, 3.8) is 0 Å². The molecule has 168 valence electrons. The first-order chi connectivity index (χ1) is 15.4. The lowest BCUT2D eigenvalue weighted by Crippen LogP contribution is -2.14. The van der Waals surface area contributed by atoms with Gasteiger partial charge in [-0.15, -0.1) is 0 Å². The molecule has 0 spiro atoms. The van der Waals surface area contributed by atoms with Crippen LogP contribution in [0.5, 0.6) is 0 Å². The molecule has 3 rings (SSSR count). The van der Waals surface area contributed by atoms with Crippen LogP contribution in [0.2, 0.25) is 0 Å². The van der Waals surface area contributed by atoms with E-state index in [4.69, 9.17) is 5.11 Å². The summed E-state index contributed by atoms with van der Waals surface area (Å²) < 4.78 is 28.5. The van der Waals surface area contributed by atoms with Crippen LogP contribution in [0.15, 0.2) is 77.7 Å². The predicted molar refractivity (Wildman–Crippen MR) is 128 cm³/mol.